The lowest BCUT2D eigenvalue weighted by Gasteiger charge is -2.42. The Bertz CT molecular complexity index is 1040. The molecule has 1 aromatic carbocycles. The molecule has 1 aliphatic rings. The van der Waals surface area contributed by atoms with Crippen molar-refractivity contribution in [1.29, 1.82) is 0 Å². The fourth-order valence-electron chi connectivity index (χ4n) is 3.35. The van der Waals surface area contributed by atoms with Crippen LogP contribution in [0.4, 0.5) is 10.2 Å². The summed E-state index contributed by atoms with van der Waals surface area (Å²) in [6, 6.07) is 11.2. The SMILES string of the molecule is NC(=O)c1ccc(F)c(-c2ccc(NC3(c4ncccc4Br)CCC3)nn2)c1. The van der Waals surface area contributed by atoms with Crippen molar-refractivity contribution < 1.29 is 9.18 Å². The monoisotopic (exact) mass is 441 g/mol. The predicted octanol–water partition coefficient (Wildman–Crippen LogP) is 4.03. The first-order valence-electron chi connectivity index (χ1n) is 8.81. The molecular weight excluding hydrogens is 425 g/mol. The van der Waals surface area contributed by atoms with Crippen LogP contribution in [0.1, 0.15) is 35.3 Å². The van der Waals surface area contributed by atoms with Crippen LogP contribution in [0, 0.1) is 5.82 Å². The molecule has 1 amide bonds. The second kappa shape index (κ2) is 7.27. The summed E-state index contributed by atoms with van der Waals surface area (Å²) in [5, 5.41) is 11.8. The largest absolute Gasteiger partial charge is 0.366 e. The number of nitrogens with zero attached hydrogens (tertiary/aromatic N) is 3. The van der Waals surface area contributed by atoms with Crippen LogP contribution in [-0.2, 0) is 5.54 Å². The third-order valence-corrected chi connectivity index (χ3v) is 5.62. The summed E-state index contributed by atoms with van der Waals surface area (Å²) in [4.78, 5) is 15.9. The number of benzene rings is 1. The minimum atomic E-state index is -0.625. The Labute approximate surface area is 169 Å². The van der Waals surface area contributed by atoms with Crippen molar-refractivity contribution in [1.82, 2.24) is 15.2 Å². The Morgan fingerprint density at radius 3 is 2.61 bits per heavy atom. The first kappa shape index (κ1) is 18.5. The Morgan fingerprint density at radius 2 is 2.00 bits per heavy atom. The van der Waals surface area contributed by atoms with Crippen molar-refractivity contribution in [2.75, 3.05) is 5.32 Å². The summed E-state index contributed by atoms with van der Waals surface area (Å²) in [5.74, 6) is -0.541. The van der Waals surface area contributed by atoms with Crippen molar-refractivity contribution in [2.45, 2.75) is 24.8 Å². The number of nitrogens with one attached hydrogen (secondary N) is 1. The summed E-state index contributed by atoms with van der Waals surface area (Å²) in [5.41, 5.74) is 6.64. The maximum Gasteiger partial charge on any atom is 0.248 e. The molecule has 4 rings (SSSR count). The van der Waals surface area contributed by atoms with Gasteiger partial charge in [-0.15, -0.1) is 10.2 Å². The topological polar surface area (TPSA) is 93.8 Å². The van der Waals surface area contributed by atoms with Crippen molar-refractivity contribution in [3.05, 3.63) is 70.2 Å². The van der Waals surface area contributed by atoms with Crippen LogP contribution in [0.25, 0.3) is 11.3 Å². The highest BCUT2D eigenvalue weighted by Gasteiger charge is 2.41. The highest BCUT2D eigenvalue weighted by molar-refractivity contribution is 9.10. The summed E-state index contributed by atoms with van der Waals surface area (Å²) >= 11 is 3.57. The number of nitrogens with two attached hydrogens (primary N) is 1. The van der Waals surface area contributed by atoms with Gasteiger partial charge in [-0.3, -0.25) is 9.78 Å². The molecule has 3 aromatic rings. The normalized spacial score (nSPS) is 14.9. The van der Waals surface area contributed by atoms with Gasteiger partial charge in [0.1, 0.15) is 11.6 Å². The van der Waals surface area contributed by atoms with Gasteiger partial charge in [0.05, 0.1) is 16.9 Å². The first-order valence-corrected chi connectivity index (χ1v) is 9.60. The highest BCUT2D eigenvalue weighted by atomic mass is 79.9. The van der Waals surface area contributed by atoms with Crippen LogP contribution < -0.4 is 11.1 Å². The zero-order valence-corrected chi connectivity index (χ0v) is 16.4. The van der Waals surface area contributed by atoms with E-state index < -0.39 is 11.7 Å². The number of pyridine rings is 1. The summed E-state index contributed by atoms with van der Waals surface area (Å²) in [6.07, 6.45) is 4.72. The molecule has 8 heteroatoms. The number of carbonyl (C=O) groups is 1. The molecule has 1 aliphatic carbocycles. The van der Waals surface area contributed by atoms with E-state index >= 15 is 0 Å². The molecule has 0 unspecified atom stereocenters. The zero-order chi connectivity index (χ0) is 19.7. The number of halogens is 2. The van der Waals surface area contributed by atoms with Crippen LogP contribution >= 0.6 is 15.9 Å². The van der Waals surface area contributed by atoms with Gasteiger partial charge in [0.25, 0.3) is 0 Å². The van der Waals surface area contributed by atoms with E-state index in [1.54, 1.807) is 18.3 Å². The van der Waals surface area contributed by atoms with Crippen molar-refractivity contribution in [3.8, 4) is 11.3 Å². The quantitative estimate of drug-likeness (QED) is 0.623. The molecule has 0 saturated heterocycles. The van der Waals surface area contributed by atoms with Gasteiger partial charge < -0.3 is 11.1 Å². The Kier molecular flexibility index (Phi) is 4.80. The van der Waals surface area contributed by atoms with E-state index in [2.05, 4.69) is 36.4 Å². The zero-order valence-electron chi connectivity index (χ0n) is 14.8. The molecule has 2 aromatic heterocycles. The predicted molar refractivity (Wildman–Crippen MR) is 107 cm³/mol. The fourth-order valence-corrected chi connectivity index (χ4v) is 3.99. The molecule has 142 valence electrons. The van der Waals surface area contributed by atoms with Crippen LogP contribution in [-0.4, -0.2) is 21.1 Å². The Morgan fingerprint density at radius 1 is 1.18 bits per heavy atom. The van der Waals surface area contributed by atoms with Crippen molar-refractivity contribution in [3.63, 3.8) is 0 Å². The number of hydrogen-bond acceptors (Lipinski definition) is 5. The van der Waals surface area contributed by atoms with Crippen LogP contribution in [0.2, 0.25) is 0 Å². The number of rotatable bonds is 5. The summed E-state index contributed by atoms with van der Waals surface area (Å²) in [6.45, 7) is 0. The van der Waals surface area contributed by atoms with Gasteiger partial charge in [0, 0.05) is 21.8 Å². The molecule has 1 saturated carbocycles. The molecule has 0 spiro atoms. The number of carbonyl (C=O) groups excluding carboxylic acids is 1. The molecule has 6 nitrogen and oxygen atoms in total. The average Bonchev–Trinajstić information content (AvgIpc) is 2.66. The molecule has 3 N–H and O–H groups in total. The van der Waals surface area contributed by atoms with Gasteiger partial charge in [-0.25, -0.2) is 4.39 Å². The van der Waals surface area contributed by atoms with Gasteiger partial charge in [0.2, 0.25) is 5.91 Å². The Hall–Kier alpha value is -2.87. The van der Waals surface area contributed by atoms with Gasteiger partial charge in [0.15, 0.2) is 0 Å². The highest BCUT2D eigenvalue weighted by Crippen LogP contribution is 2.45. The van der Waals surface area contributed by atoms with Crippen molar-refractivity contribution in [2.24, 2.45) is 5.73 Å². The lowest BCUT2D eigenvalue weighted by molar-refractivity contribution is 0.100. The molecule has 0 bridgehead atoms. The first-order chi connectivity index (χ1) is 13.5. The molecular formula is C20H17BrFN5O. The lowest BCUT2D eigenvalue weighted by Crippen LogP contribution is -2.43. The summed E-state index contributed by atoms with van der Waals surface area (Å²) in [7, 11) is 0. The van der Waals surface area contributed by atoms with Gasteiger partial charge in [-0.05, 0) is 77.7 Å². The minimum absolute atomic E-state index is 0.182. The van der Waals surface area contributed by atoms with Crippen molar-refractivity contribution >= 4 is 27.7 Å². The maximum atomic E-state index is 14.2. The minimum Gasteiger partial charge on any atom is -0.366 e. The van der Waals surface area contributed by atoms with Crippen LogP contribution in [0.5, 0.6) is 0 Å². The number of primary amides is 1. The second-order valence-electron chi connectivity index (χ2n) is 6.76. The van der Waals surface area contributed by atoms with Crippen LogP contribution in [0.15, 0.2) is 53.1 Å². The van der Waals surface area contributed by atoms with E-state index in [9.17, 15) is 9.18 Å². The molecule has 1 fully saturated rings. The molecule has 28 heavy (non-hydrogen) atoms. The lowest BCUT2D eigenvalue weighted by atomic mass is 9.74. The number of anilines is 1. The molecule has 0 aliphatic heterocycles. The van der Waals surface area contributed by atoms with Crippen LogP contribution in [0.3, 0.4) is 0 Å². The van der Waals surface area contributed by atoms with E-state index in [4.69, 9.17) is 5.73 Å². The molecule has 2 heterocycles. The van der Waals surface area contributed by atoms with E-state index in [0.717, 1.165) is 29.4 Å². The number of hydrogen-bond donors (Lipinski definition) is 2. The van der Waals surface area contributed by atoms with E-state index in [1.165, 1.54) is 18.2 Å². The maximum absolute atomic E-state index is 14.2. The number of aromatic nitrogens is 3. The van der Waals surface area contributed by atoms with E-state index in [1.807, 2.05) is 12.1 Å². The average molecular weight is 442 g/mol. The smallest absolute Gasteiger partial charge is 0.248 e. The van der Waals surface area contributed by atoms with Gasteiger partial charge in [-0.2, -0.15) is 0 Å². The third-order valence-electron chi connectivity index (χ3n) is 4.98. The van der Waals surface area contributed by atoms with E-state index in [-0.39, 0.29) is 16.7 Å². The standard InChI is InChI=1S/C20H17BrFN5O/c21-14-3-1-10-24-18(14)20(8-2-9-20)25-17-7-6-16(26-27-17)13-11-12(19(23)28)4-5-15(13)22/h1,3-7,10-11H,2,8-9H2,(H2,23,28)(H,25,27). The third kappa shape index (κ3) is 3.35. The fraction of sp³-hybridized carbons (Fsp3) is 0.200. The van der Waals surface area contributed by atoms with Gasteiger partial charge >= 0.3 is 0 Å². The summed E-state index contributed by atoms with van der Waals surface area (Å²) < 4.78 is 15.1. The molecule has 0 radical (unpaired) electrons. The van der Waals surface area contributed by atoms with Gasteiger partial charge in [-0.1, -0.05) is 0 Å². The number of amides is 1. The Balaban J connectivity index is 1.62. The molecule has 0 atom stereocenters. The second-order valence-corrected chi connectivity index (χ2v) is 7.61. The van der Waals surface area contributed by atoms with E-state index in [0.29, 0.717) is 11.5 Å².